The molecule has 23 heavy (non-hydrogen) atoms. The van der Waals surface area contributed by atoms with Gasteiger partial charge in [-0.2, -0.15) is 4.98 Å². The molecule has 0 saturated heterocycles. The first kappa shape index (κ1) is 15.7. The van der Waals surface area contributed by atoms with Crippen LogP contribution in [0.25, 0.3) is 11.4 Å². The minimum Gasteiger partial charge on any atom is -0.484 e. The van der Waals surface area contributed by atoms with Gasteiger partial charge in [0.05, 0.1) is 0 Å². The molecule has 118 valence electrons. The van der Waals surface area contributed by atoms with Gasteiger partial charge in [0.1, 0.15) is 5.75 Å². The molecule has 0 spiro atoms. The summed E-state index contributed by atoms with van der Waals surface area (Å²) in [6, 6.07) is 12.0. The van der Waals surface area contributed by atoms with Crippen molar-refractivity contribution in [1.82, 2.24) is 10.1 Å². The van der Waals surface area contributed by atoms with Crippen LogP contribution >= 0.6 is 15.9 Å². The summed E-state index contributed by atoms with van der Waals surface area (Å²) >= 11 is 3.55. The first-order valence-electron chi connectivity index (χ1n) is 7.32. The molecule has 3 aromatic rings. The number of hydrogen-bond acceptors (Lipinski definition) is 4. The Morgan fingerprint density at radius 3 is 2.35 bits per heavy atom. The van der Waals surface area contributed by atoms with Gasteiger partial charge in [-0.25, -0.2) is 0 Å². The standard InChI is InChI=1S/C18H17BrN2O2/c1-11-4-6-14(7-5-11)18-20-16(23-21-18)10-22-15-8-12(2)17(19)13(3)9-15/h4-9H,10H2,1-3H3. The zero-order chi connectivity index (χ0) is 16.4. The topological polar surface area (TPSA) is 48.2 Å². The third kappa shape index (κ3) is 3.62. The van der Waals surface area contributed by atoms with Crippen LogP contribution in [0.4, 0.5) is 0 Å². The van der Waals surface area contributed by atoms with Gasteiger partial charge in [0.2, 0.25) is 5.82 Å². The fourth-order valence-corrected chi connectivity index (χ4v) is 2.50. The van der Waals surface area contributed by atoms with Crippen LogP contribution in [0.2, 0.25) is 0 Å². The molecule has 1 heterocycles. The quantitative estimate of drug-likeness (QED) is 0.646. The Morgan fingerprint density at radius 1 is 1.04 bits per heavy atom. The van der Waals surface area contributed by atoms with Crippen molar-refractivity contribution in [2.75, 3.05) is 0 Å². The molecule has 0 aliphatic carbocycles. The minimum atomic E-state index is 0.249. The Balaban J connectivity index is 1.71. The van der Waals surface area contributed by atoms with E-state index in [1.165, 1.54) is 5.56 Å². The molecular weight excluding hydrogens is 356 g/mol. The summed E-state index contributed by atoms with van der Waals surface area (Å²) in [5.41, 5.74) is 4.39. The highest BCUT2D eigenvalue weighted by Crippen LogP contribution is 2.27. The van der Waals surface area contributed by atoms with Crippen molar-refractivity contribution in [2.24, 2.45) is 0 Å². The summed E-state index contributed by atoms with van der Waals surface area (Å²) < 4.78 is 12.1. The van der Waals surface area contributed by atoms with Crippen LogP contribution in [0.15, 0.2) is 45.4 Å². The van der Waals surface area contributed by atoms with Crippen LogP contribution in [0.1, 0.15) is 22.6 Å². The van der Waals surface area contributed by atoms with Crippen LogP contribution in [-0.4, -0.2) is 10.1 Å². The van der Waals surface area contributed by atoms with Gasteiger partial charge in [-0.05, 0) is 44.0 Å². The Kier molecular flexibility index (Phi) is 4.48. The summed E-state index contributed by atoms with van der Waals surface area (Å²) in [7, 11) is 0. The van der Waals surface area contributed by atoms with E-state index in [0.29, 0.717) is 11.7 Å². The zero-order valence-electron chi connectivity index (χ0n) is 13.3. The molecule has 1 aromatic heterocycles. The minimum absolute atomic E-state index is 0.249. The van der Waals surface area contributed by atoms with Crippen LogP contribution < -0.4 is 4.74 Å². The molecule has 0 atom stereocenters. The first-order valence-corrected chi connectivity index (χ1v) is 8.11. The highest BCUT2D eigenvalue weighted by Gasteiger charge is 2.10. The van der Waals surface area contributed by atoms with E-state index in [-0.39, 0.29) is 6.61 Å². The smallest absolute Gasteiger partial charge is 0.264 e. The second kappa shape index (κ2) is 6.54. The molecule has 0 aliphatic heterocycles. The molecule has 3 rings (SSSR count). The third-order valence-electron chi connectivity index (χ3n) is 3.55. The van der Waals surface area contributed by atoms with E-state index in [0.717, 1.165) is 26.9 Å². The lowest BCUT2D eigenvalue weighted by Crippen LogP contribution is -1.97. The Hall–Kier alpha value is -2.14. The van der Waals surface area contributed by atoms with Gasteiger partial charge in [0, 0.05) is 10.0 Å². The lowest BCUT2D eigenvalue weighted by atomic mass is 10.1. The molecule has 0 radical (unpaired) electrons. The van der Waals surface area contributed by atoms with E-state index >= 15 is 0 Å². The van der Waals surface area contributed by atoms with Crippen LogP contribution in [-0.2, 0) is 6.61 Å². The number of halogens is 1. The Bertz CT molecular complexity index is 802. The van der Waals surface area contributed by atoms with Crippen molar-refractivity contribution in [3.63, 3.8) is 0 Å². The molecule has 5 heteroatoms. The fraction of sp³-hybridized carbons (Fsp3) is 0.222. The summed E-state index contributed by atoms with van der Waals surface area (Å²) in [6.07, 6.45) is 0. The second-order valence-corrected chi connectivity index (χ2v) is 6.33. The van der Waals surface area contributed by atoms with Crippen molar-refractivity contribution in [2.45, 2.75) is 27.4 Å². The maximum Gasteiger partial charge on any atom is 0.264 e. The van der Waals surface area contributed by atoms with Crippen molar-refractivity contribution in [3.05, 3.63) is 63.5 Å². The van der Waals surface area contributed by atoms with E-state index in [1.54, 1.807) is 0 Å². The molecule has 0 amide bonds. The maximum atomic E-state index is 5.76. The van der Waals surface area contributed by atoms with Crippen LogP contribution in [0.3, 0.4) is 0 Å². The molecule has 0 unspecified atom stereocenters. The van der Waals surface area contributed by atoms with Gasteiger partial charge in [0.15, 0.2) is 6.61 Å². The largest absolute Gasteiger partial charge is 0.484 e. The van der Waals surface area contributed by atoms with E-state index < -0.39 is 0 Å². The normalized spacial score (nSPS) is 10.8. The van der Waals surface area contributed by atoms with Crippen LogP contribution in [0, 0.1) is 20.8 Å². The molecule has 2 aromatic carbocycles. The number of nitrogens with zero attached hydrogens (tertiary/aromatic N) is 2. The average molecular weight is 373 g/mol. The number of ether oxygens (including phenoxy) is 1. The number of aromatic nitrogens is 2. The van der Waals surface area contributed by atoms with E-state index in [2.05, 4.69) is 26.1 Å². The lowest BCUT2D eigenvalue weighted by molar-refractivity contribution is 0.242. The highest BCUT2D eigenvalue weighted by atomic mass is 79.9. The number of hydrogen-bond donors (Lipinski definition) is 0. The van der Waals surface area contributed by atoms with Crippen molar-refractivity contribution >= 4 is 15.9 Å². The zero-order valence-corrected chi connectivity index (χ0v) is 14.8. The average Bonchev–Trinajstić information content (AvgIpc) is 3.00. The SMILES string of the molecule is Cc1ccc(-c2noc(COc3cc(C)c(Br)c(C)c3)n2)cc1. The van der Waals surface area contributed by atoms with Gasteiger partial charge in [-0.15, -0.1) is 0 Å². The van der Waals surface area contributed by atoms with Gasteiger partial charge in [-0.3, -0.25) is 0 Å². The Morgan fingerprint density at radius 2 is 1.70 bits per heavy atom. The lowest BCUT2D eigenvalue weighted by Gasteiger charge is -2.08. The Labute approximate surface area is 143 Å². The fourth-order valence-electron chi connectivity index (χ4n) is 2.27. The summed E-state index contributed by atoms with van der Waals surface area (Å²) in [6.45, 7) is 6.36. The predicted molar refractivity (Wildman–Crippen MR) is 92.4 cm³/mol. The molecule has 0 fully saturated rings. The molecule has 4 nitrogen and oxygen atoms in total. The van der Waals surface area contributed by atoms with Gasteiger partial charge >= 0.3 is 0 Å². The molecule has 0 N–H and O–H groups in total. The van der Waals surface area contributed by atoms with Crippen molar-refractivity contribution < 1.29 is 9.26 Å². The monoisotopic (exact) mass is 372 g/mol. The molecular formula is C18H17BrN2O2. The van der Waals surface area contributed by atoms with Crippen molar-refractivity contribution in [3.8, 4) is 17.1 Å². The van der Waals surface area contributed by atoms with Gasteiger partial charge < -0.3 is 9.26 Å². The van der Waals surface area contributed by atoms with E-state index in [4.69, 9.17) is 9.26 Å². The first-order chi connectivity index (χ1) is 11.0. The summed E-state index contributed by atoms with van der Waals surface area (Å²) in [4.78, 5) is 4.38. The van der Waals surface area contributed by atoms with Crippen LogP contribution in [0.5, 0.6) is 5.75 Å². The summed E-state index contributed by atoms with van der Waals surface area (Å²) in [5, 5.41) is 4.00. The third-order valence-corrected chi connectivity index (χ3v) is 4.80. The summed E-state index contributed by atoms with van der Waals surface area (Å²) in [5.74, 6) is 1.82. The number of benzene rings is 2. The highest BCUT2D eigenvalue weighted by molar-refractivity contribution is 9.10. The maximum absolute atomic E-state index is 5.76. The predicted octanol–water partition coefficient (Wildman–Crippen LogP) is 5.00. The molecule has 0 bridgehead atoms. The van der Waals surface area contributed by atoms with Gasteiger partial charge in [0.25, 0.3) is 5.89 Å². The van der Waals surface area contributed by atoms with E-state index in [9.17, 15) is 0 Å². The van der Waals surface area contributed by atoms with E-state index in [1.807, 2.05) is 57.2 Å². The van der Waals surface area contributed by atoms with Crippen molar-refractivity contribution in [1.29, 1.82) is 0 Å². The second-order valence-electron chi connectivity index (χ2n) is 5.54. The van der Waals surface area contributed by atoms with Gasteiger partial charge in [-0.1, -0.05) is 50.9 Å². The molecule has 0 aliphatic rings. The number of aryl methyl sites for hydroxylation is 3. The molecule has 0 saturated carbocycles. The number of rotatable bonds is 4.